The van der Waals surface area contributed by atoms with Gasteiger partial charge in [0.1, 0.15) is 0 Å². The highest BCUT2D eigenvalue weighted by atomic mass is 32.1. The normalized spacial score (nSPS) is 11.1. The average molecular weight is 352 g/mol. The van der Waals surface area contributed by atoms with Crippen molar-refractivity contribution in [1.82, 2.24) is 4.98 Å². The van der Waals surface area contributed by atoms with Crippen LogP contribution in [-0.2, 0) is 13.0 Å². The van der Waals surface area contributed by atoms with Gasteiger partial charge in [0.25, 0.3) is 0 Å². The lowest BCUT2D eigenvalue weighted by Crippen LogP contribution is -2.36. The number of thiazole rings is 1. The number of nitrogens with one attached hydrogen (secondary N) is 1. The van der Waals surface area contributed by atoms with Crippen molar-refractivity contribution in [3.8, 4) is 0 Å². The summed E-state index contributed by atoms with van der Waals surface area (Å²) in [7, 11) is 0. The summed E-state index contributed by atoms with van der Waals surface area (Å²) in [6.45, 7) is 6.07. The van der Waals surface area contributed by atoms with Gasteiger partial charge in [-0.1, -0.05) is 13.0 Å². The van der Waals surface area contributed by atoms with Crippen LogP contribution in [0.5, 0.6) is 0 Å². The minimum absolute atomic E-state index is 0.680. The molecule has 2 heterocycles. The second-order valence-corrected chi connectivity index (χ2v) is 6.52. The zero-order valence-electron chi connectivity index (χ0n) is 14.5. The fraction of sp³-hybridized carbons (Fsp3) is 0.263. The Hall–Kier alpha value is -2.60. The molecule has 25 heavy (non-hydrogen) atoms. The Labute approximate surface area is 152 Å². The molecule has 0 bridgehead atoms. The highest BCUT2D eigenvalue weighted by Gasteiger charge is 2.09. The van der Waals surface area contributed by atoms with E-state index in [2.05, 4.69) is 57.4 Å². The molecule has 1 N–H and O–H groups in total. The predicted octanol–water partition coefficient (Wildman–Crippen LogP) is 4.83. The lowest BCUT2D eigenvalue weighted by atomic mass is 10.0. The molecule has 0 amide bonds. The van der Waals surface area contributed by atoms with Crippen molar-refractivity contribution in [2.24, 2.45) is 10.2 Å². The first-order valence-electron chi connectivity index (χ1n) is 8.39. The molecule has 0 aliphatic heterocycles. The van der Waals surface area contributed by atoms with Gasteiger partial charge in [-0.05, 0) is 36.6 Å². The summed E-state index contributed by atoms with van der Waals surface area (Å²) in [5.74, 6) is 0. The summed E-state index contributed by atoms with van der Waals surface area (Å²) in [5, 5.41) is 14.7. The first-order valence-corrected chi connectivity index (χ1v) is 9.27. The molecule has 6 heteroatoms. The maximum Gasteiger partial charge on any atom is 0.229 e. The fourth-order valence-corrected chi connectivity index (χ4v) is 3.19. The van der Waals surface area contributed by atoms with Crippen molar-refractivity contribution in [1.29, 1.82) is 0 Å². The predicted molar refractivity (Wildman–Crippen MR) is 102 cm³/mol. The third kappa shape index (κ3) is 4.48. The third-order valence-electron chi connectivity index (χ3n) is 4.05. The highest BCUT2D eigenvalue weighted by Crippen LogP contribution is 2.30. The largest absolute Gasteiger partial charge is 0.378 e. The van der Waals surface area contributed by atoms with Gasteiger partial charge in [0.2, 0.25) is 5.13 Å². The van der Waals surface area contributed by atoms with E-state index in [0.29, 0.717) is 5.13 Å². The van der Waals surface area contributed by atoms with Crippen LogP contribution in [0.15, 0.2) is 64.5 Å². The van der Waals surface area contributed by atoms with Gasteiger partial charge < -0.3 is 5.32 Å². The molecule has 3 rings (SSSR count). The van der Waals surface area contributed by atoms with Gasteiger partial charge in [0, 0.05) is 29.4 Å². The van der Waals surface area contributed by atoms with E-state index < -0.39 is 0 Å². The molecule has 0 saturated heterocycles. The van der Waals surface area contributed by atoms with Gasteiger partial charge in [0.15, 0.2) is 18.9 Å². The van der Waals surface area contributed by atoms with Crippen LogP contribution in [0.3, 0.4) is 0 Å². The number of aromatic nitrogens is 2. The molecular weight excluding hydrogens is 330 g/mol. The third-order valence-corrected chi connectivity index (χ3v) is 4.70. The molecule has 1 aromatic carbocycles. The first-order chi connectivity index (χ1) is 12.3. The topological polar surface area (TPSA) is 53.5 Å². The molecule has 0 radical (unpaired) electrons. The number of rotatable bonds is 7. The van der Waals surface area contributed by atoms with E-state index in [1.807, 2.05) is 29.6 Å². The lowest BCUT2D eigenvalue weighted by Gasteiger charge is -2.14. The van der Waals surface area contributed by atoms with E-state index in [-0.39, 0.29) is 0 Å². The van der Waals surface area contributed by atoms with E-state index in [1.54, 1.807) is 6.20 Å². The maximum absolute atomic E-state index is 4.37. The number of hydrogen-bond acceptors (Lipinski definition) is 5. The van der Waals surface area contributed by atoms with E-state index in [0.717, 1.165) is 25.2 Å². The van der Waals surface area contributed by atoms with Gasteiger partial charge in [-0.15, -0.1) is 21.6 Å². The van der Waals surface area contributed by atoms with Crippen LogP contribution < -0.4 is 9.88 Å². The standard InChI is InChI=1S/C19H22N5S/c1-3-16-15(2)17(22-23-19-21-10-14-25-19)7-8-18(16)20-9-13-24-11-5-4-6-12-24/h4-8,10-12,14,20H,3,9,13H2,1-2H3/q+1. The number of nitrogens with zero attached hydrogens (tertiary/aromatic N) is 4. The molecular formula is C19H22N5S+. The second-order valence-electron chi connectivity index (χ2n) is 5.64. The summed E-state index contributed by atoms with van der Waals surface area (Å²) >= 11 is 1.48. The molecule has 3 aromatic rings. The molecule has 0 unspecified atom stereocenters. The average Bonchev–Trinajstić information content (AvgIpc) is 3.16. The Kier molecular flexibility index (Phi) is 5.85. The van der Waals surface area contributed by atoms with Gasteiger partial charge in [-0.2, -0.15) is 0 Å². The van der Waals surface area contributed by atoms with Crippen LogP contribution in [0, 0.1) is 6.92 Å². The Morgan fingerprint density at radius 2 is 2.00 bits per heavy atom. The van der Waals surface area contributed by atoms with Crippen molar-refractivity contribution in [2.45, 2.75) is 26.8 Å². The fourth-order valence-electron chi connectivity index (χ4n) is 2.74. The van der Waals surface area contributed by atoms with Gasteiger partial charge in [-0.3, -0.25) is 0 Å². The van der Waals surface area contributed by atoms with E-state index in [4.69, 9.17) is 0 Å². The van der Waals surface area contributed by atoms with Gasteiger partial charge in [-0.25, -0.2) is 9.55 Å². The number of hydrogen-bond donors (Lipinski definition) is 1. The highest BCUT2D eigenvalue weighted by molar-refractivity contribution is 7.13. The van der Waals surface area contributed by atoms with Crippen molar-refractivity contribution in [2.75, 3.05) is 11.9 Å². The smallest absolute Gasteiger partial charge is 0.229 e. The molecule has 0 aliphatic rings. The Morgan fingerprint density at radius 3 is 2.72 bits per heavy atom. The molecule has 0 saturated carbocycles. The summed E-state index contributed by atoms with van der Waals surface area (Å²) in [6.07, 6.45) is 6.85. The second kappa shape index (κ2) is 8.48. The summed E-state index contributed by atoms with van der Waals surface area (Å²) in [5.41, 5.74) is 4.52. The number of pyridine rings is 1. The van der Waals surface area contributed by atoms with Crippen LogP contribution in [0.2, 0.25) is 0 Å². The Morgan fingerprint density at radius 1 is 1.16 bits per heavy atom. The van der Waals surface area contributed by atoms with Crippen molar-refractivity contribution >= 4 is 27.8 Å². The van der Waals surface area contributed by atoms with Crippen molar-refractivity contribution < 1.29 is 4.57 Å². The summed E-state index contributed by atoms with van der Waals surface area (Å²) < 4.78 is 2.17. The number of benzene rings is 1. The zero-order valence-corrected chi connectivity index (χ0v) is 15.3. The van der Waals surface area contributed by atoms with Gasteiger partial charge >= 0.3 is 0 Å². The zero-order chi connectivity index (χ0) is 17.5. The molecule has 0 fully saturated rings. The molecule has 0 spiro atoms. The van der Waals surface area contributed by atoms with Crippen LogP contribution in [0.25, 0.3) is 0 Å². The quantitative estimate of drug-likeness (QED) is 0.489. The van der Waals surface area contributed by atoms with Crippen LogP contribution in [-0.4, -0.2) is 11.5 Å². The molecule has 0 aliphatic carbocycles. The van der Waals surface area contributed by atoms with Crippen LogP contribution >= 0.6 is 11.3 Å². The molecule has 0 atom stereocenters. The van der Waals surface area contributed by atoms with Crippen molar-refractivity contribution in [3.05, 3.63) is 65.4 Å². The number of anilines is 1. The van der Waals surface area contributed by atoms with E-state index >= 15 is 0 Å². The maximum atomic E-state index is 4.37. The molecule has 128 valence electrons. The van der Waals surface area contributed by atoms with E-state index in [9.17, 15) is 0 Å². The molecule has 2 aromatic heterocycles. The molecule has 5 nitrogen and oxygen atoms in total. The number of azo groups is 1. The monoisotopic (exact) mass is 352 g/mol. The summed E-state index contributed by atoms with van der Waals surface area (Å²) in [4.78, 5) is 4.13. The Bertz CT molecular complexity index is 829. The summed E-state index contributed by atoms with van der Waals surface area (Å²) in [6, 6.07) is 10.2. The van der Waals surface area contributed by atoms with Crippen LogP contribution in [0.1, 0.15) is 18.1 Å². The first kappa shape index (κ1) is 17.2. The SMILES string of the molecule is CCc1c(NCC[n+]2ccccc2)ccc(N=Nc2nccs2)c1C. The van der Waals surface area contributed by atoms with E-state index in [1.165, 1.54) is 28.2 Å². The minimum Gasteiger partial charge on any atom is -0.378 e. The lowest BCUT2D eigenvalue weighted by molar-refractivity contribution is -0.694. The van der Waals surface area contributed by atoms with Gasteiger partial charge in [0.05, 0.1) is 12.2 Å². The van der Waals surface area contributed by atoms with Crippen molar-refractivity contribution in [3.63, 3.8) is 0 Å². The van der Waals surface area contributed by atoms with Crippen LogP contribution in [0.4, 0.5) is 16.5 Å². The minimum atomic E-state index is 0.680. The Balaban J connectivity index is 1.71.